The molecule has 0 aliphatic carbocycles. The Bertz CT molecular complexity index is 181. The first-order chi connectivity index (χ1) is 6.62. The summed E-state index contributed by atoms with van der Waals surface area (Å²) < 4.78 is 4.84. The van der Waals surface area contributed by atoms with Gasteiger partial charge in [0.15, 0.2) is 0 Å². The van der Waals surface area contributed by atoms with Crippen molar-refractivity contribution in [3.05, 3.63) is 0 Å². The van der Waals surface area contributed by atoms with E-state index in [-0.39, 0.29) is 0 Å². The van der Waals surface area contributed by atoms with E-state index in [9.17, 15) is 4.89 Å². The molecule has 0 aliphatic heterocycles. The number of hydrogen-bond acceptors (Lipinski definition) is 3. The van der Waals surface area contributed by atoms with Gasteiger partial charge in [-0.15, -0.1) is 0 Å². The van der Waals surface area contributed by atoms with Crippen molar-refractivity contribution in [2.24, 2.45) is 0 Å². The van der Waals surface area contributed by atoms with Crippen LogP contribution in [0.2, 0.25) is 0 Å². The van der Waals surface area contributed by atoms with Gasteiger partial charge in [-0.25, -0.2) is 0 Å². The summed E-state index contributed by atoms with van der Waals surface area (Å²) >= 11 is 7.69. The summed E-state index contributed by atoms with van der Waals surface area (Å²) in [6.45, 7) is 2.22. The van der Waals surface area contributed by atoms with Crippen LogP contribution >= 0.6 is 17.1 Å². The van der Waals surface area contributed by atoms with Gasteiger partial charge >= 0.3 is 108 Å². The van der Waals surface area contributed by atoms with Crippen molar-refractivity contribution in [2.75, 3.05) is 5.75 Å². The minimum atomic E-state index is -2.48. The Morgan fingerprint density at radius 3 is 2.43 bits per heavy atom. The standard InChI is InChI=1S/C8H19O2PS2.Mo/c1-2-3-4-5-6-7-8-13-11(9,10)12;/h2-8H2,1H3,(H2,9,10,12);/q;+1/p-1. The summed E-state index contributed by atoms with van der Waals surface area (Å²) in [6.07, 6.45) is 7.64. The Balaban J connectivity index is 3.17. The van der Waals surface area contributed by atoms with Crippen molar-refractivity contribution in [3.8, 4) is 0 Å². The van der Waals surface area contributed by atoms with Crippen molar-refractivity contribution in [3.63, 3.8) is 0 Å². The predicted octanol–water partition coefficient (Wildman–Crippen LogP) is 3.78. The summed E-state index contributed by atoms with van der Waals surface area (Å²) in [6, 6.07) is 0. The Labute approximate surface area is 108 Å². The van der Waals surface area contributed by atoms with Gasteiger partial charge in [0, 0.05) is 0 Å². The zero-order valence-electron chi connectivity index (χ0n) is 8.48. The van der Waals surface area contributed by atoms with Gasteiger partial charge in [0.25, 0.3) is 0 Å². The molecule has 0 rings (SSSR count). The van der Waals surface area contributed by atoms with Crippen LogP contribution in [0.3, 0.4) is 0 Å². The molecule has 0 aromatic rings. The van der Waals surface area contributed by atoms with Crippen LogP contribution in [0.4, 0.5) is 0 Å². The zero-order chi connectivity index (χ0) is 10.9. The maximum absolute atomic E-state index is 9.43. The molecular formula is C8H18MoO2PS2. The average Bonchev–Trinajstić information content (AvgIpc) is 2.16. The van der Waals surface area contributed by atoms with Crippen LogP contribution in [0.25, 0.3) is 0 Å². The van der Waals surface area contributed by atoms with Gasteiger partial charge in [0.1, 0.15) is 0 Å². The maximum atomic E-state index is 9.43. The molecule has 1 unspecified atom stereocenters. The van der Waals surface area contributed by atoms with E-state index in [2.05, 4.69) is 6.92 Å². The zero-order valence-corrected chi connectivity index (χ0v) is 13.0. The molecule has 85 valence electrons. The van der Waals surface area contributed by atoms with Crippen LogP contribution in [0.1, 0.15) is 45.4 Å². The van der Waals surface area contributed by atoms with Crippen molar-refractivity contribution < 1.29 is 28.3 Å². The molecule has 0 saturated heterocycles. The molecule has 0 saturated carbocycles. The van der Waals surface area contributed by atoms with Crippen LogP contribution in [0.15, 0.2) is 0 Å². The van der Waals surface area contributed by atoms with E-state index in [1.165, 1.54) is 63.7 Å². The summed E-state index contributed by atoms with van der Waals surface area (Å²) in [5.74, 6) is 0.926. The molecule has 0 aromatic carbocycles. The fourth-order valence-electron chi connectivity index (χ4n) is 1.08. The second-order valence-electron chi connectivity index (χ2n) is 3.14. The molecular weight excluding hydrogens is 319 g/mol. The molecule has 0 heterocycles. The van der Waals surface area contributed by atoms with Crippen LogP contribution in [-0.2, 0) is 35.2 Å². The van der Waals surface area contributed by atoms with Gasteiger partial charge in [-0.2, -0.15) is 0 Å². The molecule has 0 fully saturated rings. The molecule has 0 aromatic heterocycles. The number of hydrogen-bond donors (Lipinski definition) is 1. The van der Waals surface area contributed by atoms with E-state index in [1.54, 1.807) is 0 Å². The van der Waals surface area contributed by atoms with Crippen LogP contribution in [0.5, 0.6) is 0 Å². The molecule has 0 bridgehead atoms. The van der Waals surface area contributed by atoms with Gasteiger partial charge in [-0.05, 0) is 0 Å². The molecule has 14 heavy (non-hydrogen) atoms. The van der Waals surface area contributed by atoms with E-state index < -0.39 is 5.69 Å². The molecule has 0 aliphatic rings. The topological polar surface area (TPSA) is 29.5 Å². The van der Waals surface area contributed by atoms with Crippen molar-refractivity contribution in [1.82, 2.24) is 0 Å². The summed E-state index contributed by atoms with van der Waals surface area (Å²) in [7, 11) is 0. The second kappa shape index (κ2) is 9.81. The molecule has 2 nitrogen and oxygen atoms in total. The fraction of sp³-hybridized carbons (Fsp3) is 1.00. The molecule has 0 radical (unpaired) electrons. The van der Waals surface area contributed by atoms with Crippen molar-refractivity contribution in [2.45, 2.75) is 45.4 Å². The van der Waals surface area contributed by atoms with Gasteiger partial charge < -0.3 is 0 Å². The average molecular weight is 337 g/mol. The van der Waals surface area contributed by atoms with Crippen LogP contribution in [0, 0.1) is 0 Å². The van der Waals surface area contributed by atoms with Crippen molar-refractivity contribution in [1.29, 1.82) is 0 Å². The number of unbranched alkanes of at least 4 members (excludes halogenated alkanes) is 5. The van der Waals surface area contributed by atoms with Gasteiger partial charge in [0.2, 0.25) is 0 Å². The fourth-order valence-corrected chi connectivity index (χ4v) is 4.52. The van der Waals surface area contributed by atoms with Gasteiger partial charge in [-0.3, -0.25) is 0 Å². The van der Waals surface area contributed by atoms with E-state index in [4.69, 9.17) is 15.0 Å². The van der Waals surface area contributed by atoms with Crippen molar-refractivity contribution >= 4 is 28.9 Å². The Morgan fingerprint density at radius 2 is 1.86 bits per heavy atom. The minimum absolute atomic E-state index is 0.926. The molecule has 1 N–H and O–H groups in total. The predicted molar refractivity (Wildman–Crippen MR) is 63.4 cm³/mol. The van der Waals surface area contributed by atoms with Gasteiger partial charge in [-0.1, -0.05) is 0 Å². The Hall–Kier alpha value is 1.61. The first kappa shape index (κ1) is 15.6. The first-order valence-electron chi connectivity index (χ1n) is 4.91. The normalized spacial score (nSPS) is 15.3. The third-order valence-electron chi connectivity index (χ3n) is 1.85. The summed E-state index contributed by atoms with van der Waals surface area (Å²) in [4.78, 5) is 9.43. The van der Waals surface area contributed by atoms with Crippen LogP contribution < -0.4 is 0 Å². The Morgan fingerprint density at radius 1 is 1.29 bits per heavy atom. The van der Waals surface area contributed by atoms with E-state index in [0.29, 0.717) is 0 Å². The second-order valence-corrected chi connectivity index (χ2v) is 10.4. The monoisotopic (exact) mass is 339 g/mol. The quantitative estimate of drug-likeness (QED) is 0.394. The van der Waals surface area contributed by atoms with E-state index in [0.717, 1.165) is 12.2 Å². The molecule has 0 spiro atoms. The van der Waals surface area contributed by atoms with Crippen LogP contribution in [-0.4, -0.2) is 10.6 Å². The SMILES string of the molecule is CCCCCCCCSP(O)(=S)[O][Mo]. The molecule has 6 heteroatoms. The van der Waals surface area contributed by atoms with E-state index in [1.807, 2.05) is 0 Å². The third kappa shape index (κ3) is 10.1. The Kier molecular flexibility index (Phi) is 10.9. The molecule has 0 amide bonds. The summed E-state index contributed by atoms with van der Waals surface area (Å²) in [5, 5.41) is 0. The number of rotatable bonds is 9. The van der Waals surface area contributed by atoms with Gasteiger partial charge in [0.05, 0.1) is 0 Å². The molecule has 1 atom stereocenters. The summed E-state index contributed by atoms with van der Waals surface area (Å²) in [5.41, 5.74) is -2.48. The third-order valence-corrected chi connectivity index (χ3v) is 8.86. The first-order valence-corrected chi connectivity index (χ1v) is 9.99. The van der Waals surface area contributed by atoms with E-state index >= 15 is 0 Å².